The standard InChI is InChI=1S/C24H20N4O4/c1-16-7-12-21(22(29)13-16)25-23(30)14-18-15-27(19-5-3-2-4-6-19)26-24(18)17-8-10-20(11-9-17)28(31)32/h2-13,15,29H,14H2,1H3,(H,25,30). The van der Waals surface area contributed by atoms with Crippen LogP contribution in [-0.2, 0) is 11.2 Å². The van der Waals surface area contributed by atoms with Crippen molar-refractivity contribution in [2.24, 2.45) is 0 Å². The molecule has 0 radical (unpaired) electrons. The van der Waals surface area contributed by atoms with Crippen molar-refractivity contribution in [1.29, 1.82) is 0 Å². The number of carbonyl (C=O) groups is 1. The number of amides is 1. The number of nitrogens with zero attached hydrogens (tertiary/aromatic N) is 3. The maximum Gasteiger partial charge on any atom is 0.269 e. The van der Waals surface area contributed by atoms with Gasteiger partial charge < -0.3 is 10.4 Å². The van der Waals surface area contributed by atoms with Crippen LogP contribution in [0.25, 0.3) is 16.9 Å². The summed E-state index contributed by atoms with van der Waals surface area (Å²) in [6, 6.07) is 20.5. The summed E-state index contributed by atoms with van der Waals surface area (Å²) in [5.41, 5.74) is 3.85. The number of aromatic nitrogens is 2. The van der Waals surface area contributed by atoms with Gasteiger partial charge in [0.1, 0.15) is 5.75 Å². The number of para-hydroxylation sites is 1. The minimum absolute atomic E-state index is 0.00563. The van der Waals surface area contributed by atoms with E-state index in [1.165, 1.54) is 12.1 Å². The van der Waals surface area contributed by atoms with Gasteiger partial charge in [0, 0.05) is 29.5 Å². The number of nitro groups is 1. The first-order valence-corrected chi connectivity index (χ1v) is 9.89. The molecule has 32 heavy (non-hydrogen) atoms. The number of rotatable bonds is 6. The topological polar surface area (TPSA) is 110 Å². The van der Waals surface area contributed by atoms with Crippen LogP contribution in [0.1, 0.15) is 11.1 Å². The molecule has 3 aromatic carbocycles. The van der Waals surface area contributed by atoms with Gasteiger partial charge in [-0.3, -0.25) is 14.9 Å². The monoisotopic (exact) mass is 428 g/mol. The summed E-state index contributed by atoms with van der Waals surface area (Å²) in [5, 5.41) is 28.4. The maximum absolute atomic E-state index is 12.7. The highest BCUT2D eigenvalue weighted by Gasteiger charge is 2.17. The zero-order valence-corrected chi connectivity index (χ0v) is 17.2. The molecule has 0 bridgehead atoms. The molecule has 4 aromatic rings. The van der Waals surface area contributed by atoms with Crippen LogP contribution in [0.2, 0.25) is 0 Å². The lowest BCUT2D eigenvalue weighted by Gasteiger charge is -2.08. The van der Waals surface area contributed by atoms with Crippen LogP contribution in [0.15, 0.2) is 79.0 Å². The number of carbonyl (C=O) groups excluding carboxylic acids is 1. The van der Waals surface area contributed by atoms with Crippen LogP contribution < -0.4 is 5.32 Å². The van der Waals surface area contributed by atoms with E-state index in [1.807, 2.05) is 37.3 Å². The van der Waals surface area contributed by atoms with Crippen LogP contribution in [-0.4, -0.2) is 25.7 Å². The minimum atomic E-state index is -0.464. The number of aromatic hydroxyl groups is 1. The fraction of sp³-hybridized carbons (Fsp3) is 0.0833. The number of non-ortho nitro benzene ring substituents is 1. The maximum atomic E-state index is 12.7. The largest absolute Gasteiger partial charge is 0.506 e. The van der Waals surface area contributed by atoms with E-state index in [-0.39, 0.29) is 23.8 Å². The Morgan fingerprint density at radius 3 is 2.47 bits per heavy atom. The molecule has 4 rings (SSSR count). The molecule has 0 unspecified atom stereocenters. The van der Waals surface area contributed by atoms with Crippen LogP contribution in [0.3, 0.4) is 0 Å². The van der Waals surface area contributed by atoms with E-state index >= 15 is 0 Å². The number of hydrogen-bond acceptors (Lipinski definition) is 5. The summed E-state index contributed by atoms with van der Waals surface area (Å²) in [4.78, 5) is 23.3. The van der Waals surface area contributed by atoms with E-state index in [1.54, 1.807) is 41.2 Å². The summed E-state index contributed by atoms with van der Waals surface area (Å²) >= 11 is 0. The molecule has 160 valence electrons. The minimum Gasteiger partial charge on any atom is -0.506 e. The molecular weight excluding hydrogens is 408 g/mol. The van der Waals surface area contributed by atoms with Gasteiger partial charge in [-0.15, -0.1) is 0 Å². The predicted octanol–water partition coefficient (Wildman–Crippen LogP) is 4.64. The first-order chi connectivity index (χ1) is 15.4. The number of nitrogens with one attached hydrogen (secondary N) is 1. The molecule has 2 N–H and O–H groups in total. The molecule has 0 spiro atoms. The van der Waals surface area contributed by atoms with Crippen molar-refractivity contribution in [1.82, 2.24) is 9.78 Å². The Morgan fingerprint density at radius 2 is 1.81 bits per heavy atom. The van der Waals surface area contributed by atoms with E-state index in [9.17, 15) is 20.0 Å². The van der Waals surface area contributed by atoms with E-state index in [0.29, 0.717) is 22.5 Å². The third-order valence-electron chi connectivity index (χ3n) is 4.94. The number of benzene rings is 3. The number of phenols is 1. The quantitative estimate of drug-likeness (QED) is 0.264. The Hall–Kier alpha value is -4.46. The molecule has 0 atom stereocenters. The lowest BCUT2D eigenvalue weighted by Crippen LogP contribution is -2.14. The van der Waals surface area contributed by atoms with Gasteiger partial charge in [-0.1, -0.05) is 24.3 Å². The lowest BCUT2D eigenvalue weighted by atomic mass is 10.1. The smallest absolute Gasteiger partial charge is 0.269 e. The molecule has 0 aliphatic rings. The molecule has 8 nitrogen and oxygen atoms in total. The highest BCUT2D eigenvalue weighted by atomic mass is 16.6. The average Bonchev–Trinajstić information content (AvgIpc) is 3.20. The van der Waals surface area contributed by atoms with Crippen molar-refractivity contribution in [3.8, 4) is 22.7 Å². The highest BCUT2D eigenvalue weighted by molar-refractivity contribution is 5.94. The Morgan fingerprint density at radius 1 is 1.09 bits per heavy atom. The third kappa shape index (κ3) is 4.49. The Balaban J connectivity index is 1.67. The molecule has 0 fully saturated rings. The van der Waals surface area contributed by atoms with E-state index in [4.69, 9.17) is 0 Å². The number of anilines is 1. The molecule has 8 heteroatoms. The second-order valence-corrected chi connectivity index (χ2v) is 7.33. The second-order valence-electron chi connectivity index (χ2n) is 7.33. The van der Waals surface area contributed by atoms with Crippen molar-refractivity contribution in [2.75, 3.05) is 5.32 Å². The average molecular weight is 428 g/mol. The Kier molecular flexibility index (Phi) is 5.67. The SMILES string of the molecule is Cc1ccc(NC(=O)Cc2cn(-c3ccccc3)nc2-c2ccc([N+](=O)[O-])cc2)c(O)c1. The van der Waals surface area contributed by atoms with Crippen LogP contribution >= 0.6 is 0 Å². The molecule has 0 saturated carbocycles. The summed E-state index contributed by atoms with van der Waals surface area (Å²) < 4.78 is 1.67. The van der Waals surface area contributed by atoms with E-state index in [2.05, 4.69) is 10.4 Å². The molecule has 0 saturated heterocycles. The molecule has 1 amide bonds. The number of hydrogen-bond donors (Lipinski definition) is 2. The molecule has 1 heterocycles. The van der Waals surface area contributed by atoms with Crippen LogP contribution in [0.5, 0.6) is 5.75 Å². The zero-order valence-electron chi connectivity index (χ0n) is 17.2. The summed E-state index contributed by atoms with van der Waals surface area (Å²) in [6.07, 6.45) is 1.77. The number of phenolic OH excluding ortho intramolecular Hbond substituents is 1. The molecule has 0 aliphatic heterocycles. The number of aryl methyl sites for hydroxylation is 1. The summed E-state index contributed by atoms with van der Waals surface area (Å²) in [7, 11) is 0. The molecule has 0 aliphatic carbocycles. The van der Waals surface area contributed by atoms with Crippen molar-refractivity contribution in [2.45, 2.75) is 13.3 Å². The molecular formula is C24H20N4O4. The van der Waals surface area contributed by atoms with Crippen LogP contribution in [0.4, 0.5) is 11.4 Å². The predicted molar refractivity (Wildman–Crippen MR) is 121 cm³/mol. The van der Waals surface area contributed by atoms with E-state index in [0.717, 1.165) is 11.3 Å². The van der Waals surface area contributed by atoms with Crippen molar-refractivity contribution in [3.05, 3.63) is 100 Å². The first kappa shape index (κ1) is 20.8. The van der Waals surface area contributed by atoms with Gasteiger partial charge in [0.25, 0.3) is 5.69 Å². The first-order valence-electron chi connectivity index (χ1n) is 9.89. The van der Waals surface area contributed by atoms with Gasteiger partial charge in [0.05, 0.1) is 28.4 Å². The second kappa shape index (κ2) is 8.73. The molecule has 1 aromatic heterocycles. The van der Waals surface area contributed by atoms with Gasteiger partial charge in [0.15, 0.2) is 0 Å². The van der Waals surface area contributed by atoms with Crippen molar-refractivity contribution in [3.63, 3.8) is 0 Å². The summed E-state index contributed by atoms with van der Waals surface area (Å²) in [5.74, 6) is -0.325. The van der Waals surface area contributed by atoms with Crippen molar-refractivity contribution < 1.29 is 14.8 Å². The zero-order chi connectivity index (χ0) is 22.7. The summed E-state index contributed by atoms with van der Waals surface area (Å²) in [6.45, 7) is 1.85. The fourth-order valence-corrected chi connectivity index (χ4v) is 3.35. The Labute approximate surface area is 183 Å². The normalized spacial score (nSPS) is 10.7. The van der Waals surface area contributed by atoms with Gasteiger partial charge in [0.2, 0.25) is 5.91 Å². The Bertz CT molecular complexity index is 1280. The lowest BCUT2D eigenvalue weighted by molar-refractivity contribution is -0.384. The number of nitro benzene ring substituents is 1. The fourth-order valence-electron chi connectivity index (χ4n) is 3.35. The van der Waals surface area contributed by atoms with Crippen LogP contribution in [0, 0.1) is 17.0 Å². The van der Waals surface area contributed by atoms with Gasteiger partial charge in [-0.25, -0.2) is 4.68 Å². The van der Waals surface area contributed by atoms with Crippen molar-refractivity contribution >= 4 is 17.3 Å². The van der Waals surface area contributed by atoms with Gasteiger partial charge >= 0.3 is 0 Å². The van der Waals surface area contributed by atoms with E-state index < -0.39 is 4.92 Å². The highest BCUT2D eigenvalue weighted by Crippen LogP contribution is 2.28. The van der Waals surface area contributed by atoms with Gasteiger partial charge in [-0.2, -0.15) is 5.10 Å². The third-order valence-corrected chi connectivity index (χ3v) is 4.94. The van der Waals surface area contributed by atoms with Gasteiger partial charge in [-0.05, 0) is 48.9 Å².